The first-order chi connectivity index (χ1) is 15.6. The molecule has 6 heteroatoms. The number of nitrogens with one attached hydrogen (secondary N) is 3. The van der Waals surface area contributed by atoms with E-state index in [0.29, 0.717) is 36.6 Å². The van der Waals surface area contributed by atoms with E-state index in [2.05, 4.69) is 22.5 Å². The summed E-state index contributed by atoms with van der Waals surface area (Å²) in [7, 11) is 0. The van der Waals surface area contributed by atoms with Gasteiger partial charge in [-0.05, 0) is 48.4 Å². The predicted molar refractivity (Wildman–Crippen MR) is 129 cm³/mol. The summed E-state index contributed by atoms with van der Waals surface area (Å²) in [5.41, 5.74) is 3.26. The van der Waals surface area contributed by atoms with E-state index in [1.807, 2.05) is 54.6 Å². The smallest absolute Gasteiger partial charge is 0.243 e. The highest BCUT2D eigenvalue weighted by Gasteiger charge is 2.06. The molecule has 0 heterocycles. The molecular weight excluding hydrogens is 402 g/mol. The summed E-state index contributed by atoms with van der Waals surface area (Å²) in [4.78, 5) is 24.4. The summed E-state index contributed by atoms with van der Waals surface area (Å²) < 4.78 is 5.49. The van der Waals surface area contributed by atoms with Crippen LogP contribution in [0.25, 0.3) is 0 Å². The Morgan fingerprint density at radius 3 is 2.19 bits per heavy atom. The van der Waals surface area contributed by atoms with Gasteiger partial charge in [0.05, 0.1) is 6.54 Å². The van der Waals surface area contributed by atoms with Crippen LogP contribution in [0.15, 0.2) is 91.5 Å². The Morgan fingerprint density at radius 1 is 0.812 bits per heavy atom. The Balaban J connectivity index is 1.42. The standard InChI is InChI=1S/C26H27N3O3/c1-2-17-32-24-10-6-9-23(18-24)27-19-26(31)29-22-14-12-21(13-15-22)28-25(30)16-11-20-7-4-3-5-8-20/h2-10,12-15,18,27H,1,11,16-17,19H2,(H,28,30)(H,29,31). The molecule has 3 aromatic carbocycles. The minimum atomic E-state index is -0.179. The van der Waals surface area contributed by atoms with E-state index in [1.54, 1.807) is 30.3 Å². The molecule has 3 aromatic rings. The Kier molecular flexibility index (Phi) is 8.45. The van der Waals surface area contributed by atoms with Gasteiger partial charge in [-0.25, -0.2) is 0 Å². The summed E-state index contributed by atoms with van der Waals surface area (Å²) in [5, 5.41) is 8.78. The van der Waals surface area contributed by atoms with Crippen molar-refractivity contribution in [3.05, 3.63) is 97.1 Å². The minimum Gasteiger partial charge on any atom is -0.489 e. The third-order valence-electron chi connectivity index (χ3n) is 4.59. The maximum atomic E-state index is 12.2. The first kappa shape index (κ1) is 22.6. The van der Waals surface area contributed by atoms with Crippen LogP contribution in [0.5, 0.6) is 5.75 Å². The molecule has 0 bridgehead atoms. The number of benzene rings is 3. The lowest BCUT2D eigenvalue weighted by Crippen LogP contribution is -2.21. The normalized spacial score (nSPS) is 10.1. The van der Waals surface area contributed by atoms with E-state index in [9.17, 15) is 9.59 Å². The van der Waals surface area contributed by atoms with Crippen LogP contribution in [-0.2, 0) is 16.0 Å². The Labute approximate surface area is 188 Å². The van der Waals surface area contributed by atoms with Crippen molar-refractivity contribution in [3.8, 4) is 5.75 Å². The van der Waals surface area contributed by atoms with Crippen LogP contribution in [0, 0.1) is 0 Å². The van der Waals surface area contributed by atoms with Crippen molar-refractivity contribution in [2.45, 2.75) is 12.8 Å². The zero-order valence-electron chi connectivity index (χ0n) is 17.8. The SMILES string of the molecule is C=CCOc1cccc(NCC(=O)Nc2ccc(NC(=O)CCc3ccccc3)cc2)c1. The molecule has 6 nitrogen and oxygen atoms in total. The topological polar surface area (TPSA) is 79.5 Å². The molecule has 32 heavy (non-hydrogen) atoms. The number of ether oxygens (including phenoxy) is 1. The van der Waals surface area contributed by atoms with Crippen LogP contribution in [-0.4, -0.2) is 25.0 Å². The van der Waals surface area contributed by atoms with Gasteiger partial charge in [-0.15, -0.1) is 0 Å². The number of hydrogen-bond acceptors (Lipinski definition) is 4. The largest absolute Gasteiger partial charge is 0.489 e. The van der Waals surface area contributed by atoms with Gasteiger partial charge >= 0.3 is 0 Å². The van der Waals surface area contributed by atoms with Gasteiger partial charge in [0, 0.05) is 29.5 Å². The molecule has 0 radical (unpaired) electrons. The number of rotatable bonds is 11. The lowest BCUT2D eigenvalue weighted by Gasteiger charge is -2.10. The van der Waals surface area contributed by atoms with Crippen LogP contribution in [0.3, 0.4) is 0 Å². The Bertz CT molecular complexity index is 1030. The molecule has 3 rings (SSSR count). The lowest BCUT2D eigenvalue weighted by atomic mass is 10.1. The van der Waals surface area contributed by atoms with Crippen molar-refractivity contribution in [1.29, 1.82) is 0 Å². The molecule has 0 aliphatic rings. The molecule has 0 aliphatic carbocycles. The summed E-state index contributed by atoms with van der Waals surface area (Å²) >= 11 is 0. The summed E-state index contributed by atoms with van der Waals surface area (Å²) in [6, 6.07) is 24.3. The van der Waals surface area contributed by atoms with Crippen LogP contribution in [0.1, 0.15) is 12.0 Å². The van der Waals surface area contributed by atoms with E-state index in [0.717, 1.165) is 11.3 Å². The average Bonchev–Trinajstić information content (AvgIpc) is 2.82. The monoisotopic (exact) mass is 429 g/mol. The van der Waals surface area contributed by atoms with E-state index in [1.165, 1.54) is 0 Å². The van der Waals surface area contributed by atoms with Gasteiger partial charge in [0.15, 0.2) is 0 Å². The van der Waals surface area contributed by atoms with Crippen molar-refractivity contribution < 1.29 is 14.3 Å². The molecule has 2 amide bonds. The fraction of sp³-hybridized carbons (Fsp3) is 0.154. The molecule has 164 valence electrons. The maximum absolute atomic E-state index is 12.2. The number of anilines is 3. The van der Waals surface area contributed by atoms with Crippen LogP contribution in [0.2, 0.25) is 0 Å². The third-order valence-corrected chi connectivity index (χ3v) is 4.59. The molecule has 0 spiro atoms. The zero-order valence-corrected chi connectivity index (χ0v) is 17.8. The van der Waals surface area contributed by atoms with E-state index in [-0.39, 0.29) is 18.4 Å². The van der Waals surface area contributed by atoms with E-state index >= 15 is 0 Å². The fourth-order valence-corrected chi connectivity index (χ4v) is 3.00. The number of aryl methyl sites for hydroxylation is 1. The summed E-state index contributed by atoms with van der Waals surface area (Å²) in [6.07, 6.45) is 2.78. The first-order valence-electron chi connectivity index (χ1n) is 10.4. The van der Waals surface area contributed by atoms with Crippen molar-refractivity contribution >= 4 is 28.9 Å². The van der Waals surface area contributed by atoms with Crippen molar-refractivity contribution in [2.24, 2.45) is 0 Å². The Morgan fingerprint density at radius 2 is 1.50 bits per heavy atom. The number of amides is 2. The lowest BCUT2D eigenvalue weighted by molar-refractivity contribution is -0.116. The second-order valence-electron chi connectivity index (χ2n) is 7.14. The summed E-state index contributed by atoms with van der Waals surface area (Å²) in [6.45, 7) is 4.16. The molecule has 0 fully saturated rings. The van der Waals surface area contributed by atoms with Crippen molar-refractivity contribution in [1.82, 2.24) is 0 Å². The molecular formula is C26H27N3O3. The zero-order chi connectivity index (χ0) is 22.6. The van der Waals surface area contributed by atoms with Crippen molar-refractivity contribution in [2.75, 3.05) is 29.1 Å². The van der Waals surface area contributed by atoms with Gasteiger partial charge in [-0.3, -0.25) is 9.59 Å². The Hall–Kier alpha value is -4.06. The van der Waals surface area contributed by atoms with Crippen LogP contribution >= 0.6 is 0 Å². The number of carbonyl (C=O) groups excluding carboxylic acids is 2. The second-order valence-corrected chi connectivity index (χ2v) is 7.14. The maximum Gasteiger partial charge on any atom is 0.243 e. The highest BCUT2D eigenvalue weighted by molar-refractivity contribution is 5.94. The highest BCUT2D eigenvalue weighted by Crippen LogP contribution is 2.18. The molecule has 0 aliphatic heterocycles. The van der Waals surface area contributed by atoms with Crippen LogP contribution in [0.4, 0.5) is 17.1 Å². The molecule has 0 saturated heterocycles. The van der Waals surface area contributed by atoms with Gasteiger partial charge in [0.2, 0.25) is 11.8 Å². The molecule has 0 aromatic heterocycles. The molecule has 0 atom stereocenters. The fourth-order valence-electron chi connectivity index (χ4n) is 3.00. The first-order valence-corrected chi connectivity index (χ1v) is 10.4. The molecule has 3 N–H and O–H groups in total. The highest BCUT2D eigenvalue weighted by atomic mass is 16.5. The van der Waals surface area contributed by atoms with Crippen LogP contribution < -0.4 is 20.7 Å². The van der Waals surface area contributed by atoms with Gasteiger partial charge in [-0.1, -0.05) is 49.1 Å². The predicted octanol–water partition coefficient (Wildman–Crippen LogP) is 4.87. The number of carbonyl (C=O) groups is 2. The van der Waals surface area contributed by atoms with Gasteiger partial charge in [0.1, 0.15) is 12.4 Å². The van der Waals surface area contributed by atoms with Gasteiger partial charge < -0.3 is 20.7 Å². The second kappa shape index (κ2) is 12.0. The quantitative estimate of drug-likeness (QED) is 0.380. The minimum absolute atomic E-state index is 0.0471. The van der Waals surface area contributed by atoms with Gasteiger partial charge in [-0.2, -0.15) is 0 Å². The van der Waals surface area contributed by atoms with E-state index < -0.39 is 0 Å². The van der Waals surface area contributed by atoms with E-state index in [4.69, 9.17) is 4.74 Å². The number of hydrogen-bond donors (Lipinski definition) is 3. The summed E-state index contributed by atoms with van der Waals surface area (Å²) in [5.74, 6) is 0.480. The van der Waals surface area contributed by atoms with Crippen molar-refractivity contribution in [3.63, 3.8) is 0 Å². The molecule has 0 saturated carbocycles. The average molecular weight is 430 g/mol. The third kappa shape index (κ3) is 7.65. The van der Waals surface area contributed by atoms with Gasteiger partial charge in [0.25, 0.3) is 0 Å². The molecule has 0 unspecified atom stereocenters.